The van der Waals surface area contributed by atoms with E-state index in [1.165, 1.54) is 54.6 Å². The zero-order chi connectivity index (χ0) is 15.8. The molecule has 0 saturated carbocycles. The molecule has 0 amide bonds. The summed E-state index contributed by atoms with van der Waals surface area (Å²) in [5.74, 6) is 0.506. The van der Waals surface area contributed by atoms with E-state index in [4.69, 9.17) is 10.7 Å². The Kier molecular flexibility index (Phi) is 0.480. The van der Waals surface area contributed by atoms with E-state index in [-0.39, 0.29) is 0 Å². The van der Waals surface area contributed by atoms with Crippen LogP contribution in [0.1, 0.15) is 5.69 Å². The summed E-state index contributed by atoms with van der Waals surface area (Å²) < 4.78 is 1.76. The summed E-state index contributed by atoms with van der Waals surface area (Å²) in [6.45, 7) is -3.18. The van der Waals surface area contributed by atoms with Crippen molar-refractivity contribution < 1.29 is 6.51 Å². The van der Waals surface area contributed by atoms with E-state index in [1.54, 1.807) is 0 Å². The second-order valence-electron chi connectivity index (χ2n) is 12.7. The van der Waals surface area contributed by atoms with Gasteiger partial charge in [0.05, 0.1) is 0 Å². The quantitative estimate of drug-likeness (QED) is 0.655. The van der Waals surface area contributed by atoms with Crippen LogP contribution in [0.15, 0.2) is 34.8 Å². The normalized spacial score (nSPS) is 84.6. The van der Waals surface area contributed by atoms with Gasteiger partial charge in [0.1, 0.15) is 0 Å². The maximum absolute atomic E-state index is 6.26. The summed E-state index contributed by atoms with van der Waals surface area (Å²) in [6, 6.07) is 10.9. The molecule has 1 aromatic carbocycles. The number of nitrogens with zero attached hydrogens (tertiary/aromatic N) is 2. The third kappa shape index (κ3) is 0.173. The van der Waals surface area contributed by atoms with E-state index < -0.39 is 6.51 Å². The second kappa shape index (κ2) is 1.15. The molecule has 0 radical (unpaired) electrons. The zero-order valence-electron chi connectivity index (χ0n) is 13.3. The van der Waals surface area contributed by atoms with E-state index in [0.29, 0.717) is 10.3 Å². The Bertz CT molecular complexity index is 1470. The molecule has 0 aliphatic carbocycles. The summed E-state index contributed by atoms with van der Waals surface area (Å²) >= 11 is 3.53. The number of rotatable bonds is 2. The summed E-state index contributed by atoms with van der Waals surface area (Å²) in [4.78, 5) is 21.2. The molecular weight excluding hydrogens is 418 g/mol. The number of hydrogen-bond acceptors (Lipinski definition) is 3. The van der Waals surface area contributed by atoms with Gasteiger partial charge in [-0.25, -0.2) is 0 Å². The molecule has 4 unspecified atom stereocenters. The SMILES string of the molecule is Nc1nc(-c2ccc(Br)cc2)cc([C]23[CH]4[CH]5[CH]6[CH]2[Fe]56432789[CH]3[CH]2[CH]7[CH]8[CH]39)n1. The Morgan fingerprint density at radius 1 is 0.880 bits per heavy atom. The van der Waals surface area contributed by atoms with Crippen LogP contribution in [0.2, 0.25) is 43.3 Å². The first kappa shape index (κ1) is 10.4. The van der Waals surface area contributed by atoms with Crippen molar-refractivity contribution in [1.82, 2.24) is 9.97 Å². The Morgan fingerprint density at radius 2 is 1.48 bits per heavy atom. The number of benzene rings is 1. The molecule has 1 aromatic heterocycles. The molecule has 4 atom stereocenters. The van der Waals surface area contributed by atoms with Crippen LogP contribution in [-0.4, -0.2) is 9.97 Å². The molecule has 2 N–H and O–H groups in total. The molecule has 2 aromatic rings. The van der Waals surface area contributed by atoms with Gasteiger partial charge in [0.25, 0.3) is 0 Å². The first-order valence-corrected chi connectivity index (χ1v) is 16.6. The topological polar surface area (TPSA) is 51.8 Å². The van der Waals surface area contributed by atoms with Crippen LogP contribution in [-0.2, 0) is 10.8 Å². The van der Waals surface area contributed by atoms with Crippen LogP contribution in [0, 0.1) is 0 Å². The van der Waals surface area contributed by atoms with Crippen LogP contribution in [0.3, 0.4) is 0 Å². The Labute approximate surface area is 143 Å². The third-order valence-corrected chi connectivity index (χ3v) is 59.8. The first-order valence-electron chi connectivity index (χ1n) is 9.53. The van der Waals surface area contributed by atoms with Crippen molar-refractivity contribution in [3.05, 3.63) is 40.5 Å². The fourth-order valence-corrected chi connectivity index (χ4v) is 92.6. The molecule has 5 heteroatoms. The second-order valence-corrected chi connectivity index (χ2v) is 37.2. The van der Waals surface area contributed by atoms with E-state index >= 15 is 0 Å². The summed E-state index contributed by atoms with van der Waals surface area (Å²) in [6.07, 6.45) is 0. The predicted octanol–water partition coefficient (Wildman–Crippen LogP) is 5.28. The average Bonchev–Trinajstić information content (AvgIpc) is 3.54. The van der Waals surface area contributed by atoms with Crippen LogP contribution in [0.25, 0.3) is 11.3 Å². The Balaban J connectivity index is 1.23. The van der Waals surface area contributed by atoms with E-state index in [2.05, 4.69) is 51.2 Å². The first-order chi connectivity index (χ1) is 11.9. The minimum absolute atomic E-state index is 0.506. The van der Waals surface area contributed by atoms with Crippen molar-refractivity contribution in [2.45, 2.75) is 47.7 Å². The fraction of sp³-hybridized carbons (Fsp3) is 0.500. The fourth-order valence-electron chi connectivity index (χ4n) is 18.3. The van der Waals surface area contributed by atoms with Crippen molar-refractivity contribution in [1.29, 1.82) is 0 Å². The molecule has 10 aliphatic rings. The predicted molar refractivity (Wildman–Crippen MR) is 95.0 cm³/mol. The van der Waals surface area contributed by atoms with Crippen LogP contribution >= 0.6 is 15.9 Å². The number of nitrogen functional groups attached to an aromatic ring is 1. The van der Waals surface area contributed by atoms with Crippen molar-refractivity contribution in [3.8, 4) is 11.3 Å². The van der Waals surface area contributed by atoms with Gasteiger partial charge >= 0.3 is 144 Å². The van der Waals surface area contributed by atoms with Gasteiger partial charge in [-0.15, -0.1) is 0 Å². The molecule has 12 rings (SSSR count). The number of anilines is 1. The van der Waals surface area contributed by atoms with Crippen LogP contribution < -0.4 is 5.73 Å². The molecule has 11 heterocycles. The van der Waals surface area contributed by atoms with Crippen LogP contribution in [0.4, 0.5) is 5.95 Å². The Hall–Kier alpha value is -0.901. The molecule has 3 nitrogen and oxygen atoms in total. The Morgan fingerprint density at radius 3 is 1.96 bits per heavy atom. The molecule has 10 aliphatic heterocycles. The molecule has 10 saturated heterocycles. The van der Waals surface area contributed by atoms with Crippen LogP contribution in [0.5, 0.6) is 0 Å². The monoisotopic (exact) mass is 433 g/mol. The summed E-state index contributed by atoms with van der Waals surface area (Å²) in [5.41, 5.74) is 9.91. The van der Waals surface area contributed by atoms with Gasteiger partial charge < -0.3 is 0 Å². The van der Waals surface area contributed by atoms with Crippen molar-refractivity contribution in [2.24, 2.45) is 0 Å². The van der Waals surface area contributed by atoms with Gasteiger partial charge in [0.2, 0.25) is 0 Å². The van der Waals surface area contributed by atoms with Gasteiger partial charge in [-0.3, -0.25) is 0 Å². The number of fused-ring (bicyclic) bond motifs is 10. The molecule has 25 heavy (non-hydrogen) atoms. The third-order valence-electron chi connectivity index (χ3n) is 17.0. The van der Waals surface area contributed by atoms with Gasteiger partial charge in [-0.05, 0) is 0 Å². The molecule has 1 spiro atoms. The minimum atomic E-state index is -3.18. The van der Waals surface area contributed by atoms with E-state index in [0.717, 1.165) is 10.2 Å². The molecule has 0 bridgehead atoms. The van der Waals surface area contributed by atoms with Gasteiger partial charge in [0.15, 0.2) is 0 Å². The average molecular weight is 434 g/mol. The number of halogens is 1. The van der Waals surface area contributed by atoms with Crippen molar-refractivity contribution in [2.75, 3.05) is 5.73 Å². The van der Waals surface area contributed by atoms with Crippen molar-refractivity contribution in [3.63, 3.8) is 0 Å². The van der Waals surface area contributed by atoms with Crippen molar-refractivity contribution >= 4 is 21.9 Å². The zero-order valence-corrected chi connectivity index (χ0v) is 16.0. The summed E-state index contributed by atoms with van der Waals surface area (Å²) in [7, 11) is 0. The standard InChI is InChI=1S/C15H11BrN3.C5H5.Fe/c16-12-7-5-11(6-8-12)14-9-13(18-15(17)19-14)10-3-1-2-4-10;1-2-4-5-3-1;/h1-9H,(H2,17,18,19);1-5H;. The number of hydrogen-bond donors (Lipinski definition) is 1. The molecule has 126 valence electrons. The van der Waals surface area contributed by atoms with Gasteiger partial charge in [0, 0.05) is 0 Å². The number of aromatic nitrogens is 2. The molecular formula is C20H16BrFeN3. The van der Waals surface area contributed by atoms with Gasteiger partial charge in [-0.1, -0.05) is 0 Å². The van der Waals surface area contributed by atoms with Gasteiger partial charge in [-0.2, -0.15) is 0 Å². The van der Waals surface area contributed by atoms with E-state index in [1.807, 2.05) is 0 Å². The maximum atomic E-state index is 6.26. The van der Waals surface area contributed by atoms with E-state index in [9.17, 15) is 0 Å². The summed E-state index contributed by atoms with van der Waals surface area (Å²) in [5, 5.41) is 0. The number of nitrogens with two attached hydrogens (primary N) is 1. The molecule has 10 fully saturated rings.